The van der Waals surface area contributed by atoms with Gasteiger partial charge in [-0.1, -0.05) is 151 Å². The van der Waals surface area contributed by atoms with Crippen LogP contribution in [0.3, 0.4) is 0 Å². The van der Waals surface area contributed by atoms with Crippen molar-refractivity contribution in [3.8, 4) is 0 Å². The Kier molecular flexibility index (Phi) is 36.3. The number of ether oxygens (including phenoxy) is 2. The standard InChI is InChI=1S/C46H80NO8P/c1-6-8-10-12-14-16-18-20-22-23-25-27-29-31-33-35-37-39-46(49)55-44(43-54-56(50,51)53-41-40-47(3,4)5)42-52-45(48)38-36-34-32-30-28-26-24-21-19-17-15-13-11-9-7-2/h9,11,13-17,19-22,24,44H,6-8,10,12,18,23,25-43H2,1-5H3/p+1/b11-9+,15-13+,16-14+,19-17+,22-20+,24-21+/t44-/m1/s1. The summed E-state index contributed by atoms with van der Waals surface area (Å²) in [6, 6.07) is 0. The van der Waals surface area contributed by atoms with Crippen molar-refractivity contribution in [2.75, 3.05) is 47.5 Å². The van der Waals surface area contributed by atoms with E-state index in [1.54, 1.807) is 0 Å². The Hall–Kier alpha value is -2.55. The molecule has 2 atom stereocenters. The van der Waals surface area contributed by atoms with Gasteiger partial charge in [-0.05, 0) is 64.2 Å². The van der Waals surface area contributed by atoms with Gasteiger partial charge >= 0.3 is 19.8 Å². The maximum absolute atomic E-state index is 12.7. The van der Waals surface area contributed by atoms with E-state index in [-0.39, 0.29) is 26.1 Å². The minimum Gasteiger partial charge on any atom is -0.462 e. The number of phosphoric acid groups is 1. The zero-order valence-corrected chi connectivity index (χ0v) is 37.0. The second kappa shape index (κ2) is 38.0. The topological polar surface area (TPSA) is 108 Å². The largest absolute Gasteiger partial charge is 0.472 e. The average molecular weight is 807 g/mol. The Labute approximate surface area is 342 Å². The molecule has 9 nitrogen and oxygen atoms in total. The number of hydrogen-bond acceptors (Lipinski definition) is 7. The summed E-state index contributed by atoms with van der Waals surface area (Å²) in [5, 5.41) is 0. The van der Waals surface area contributed by atoms with E-state index in [0.29, 0.717) is 23.9 Å². The molecule has 0 rings (SSSR count). The Morgan fingerprint density at radius 3 is 1.66 bits per heavy atom. The molecule has 0 aromatic rings. The third kappa shape index (κ3) is 41.1. The predicted molar refractivity (Wildman–Crippen MR) is 233 cm³/mol. The SMILES string of the molecule is CC/C=C/C=C/C=C/C=C/CCCCCCCC(=O)OC[C@H](COP(=O)(O)OCC[N+](C)(C)C)OC(=O)CCCCCCCCC/C=C/C/C=C/CCCCC. The Bertz CT molecular complexity index is 1180. The number of phosphoric ester groups is 1. The zero-order valence-electron chi connectivity index (χ0n) is 36.1. The summed E-state index contributed by atoms with van der Waals surface area (Å²) in [7, 11) is 1.44. The van der Waals surface area contributed by atoms with Crippen molar-refractivity contribution in [3.63, 3.8) is 0 Å². The van der Waals surface area contributed by atoms with Gasteiger partial charge in [-0.15, -0.1) is 0 Å². The Morgan fingerprint density at radius 2 is 1.09 bits per heavy atom. The minimum atomic E-state index is -4.39. The number of likely N-dealkylation sites (N-methyl/N-ethyl adjacent to an activating group) is 1. The first-order valence-corrected chi connectivity index (χ1v) is 23.2. The first-order valence-electron chi connectivity index (χ1n) is 21.7. The first-order chi connectivity index (χ1) is 27.0. The van der Waals surface area contributed by atoms with Crippen LogP contribution in [0.2, 0.25) is 0 Å². The molecule has 1 N–H and O–H groups in total. The molecule has 0 aliphatic carbocycles. The molecule has 56 heavy (non-hydrogen) atoms. The highest BCUT2D eigenvalue weighted by molar-refractivity contribution is 7.47. The van der Waals surface area contributed by atoms with Crippen molar-refractivity contribution >= 4 is 19.8 Å². The van der Waals surface area contributed by atoms with Crippen LogP contribution >= 0.6 is 7.82 Å². The highest BCUT2D eigenvalue weighted by atomic mass is 31.2. The molecule has 10 heteroatoms. The molecular weight excluding hydrogens is 725 g/mol. The number of allylic oxidation sites excluding steroid dienone is 12. The number of nitrogens with zero attached hydrogens (tertiary/aromatic N) is 1. The van der Waals surface area contributed by atoms with Crippen LogP contribution in [0.4, 0.5) is 0 Å². The normalized spacial score (nSPS) is 14.3. The summed E-state index contributed by atoms with van der Waals surface area (Å²) < 4.78 is 34.3. The van der Waals surface area contributed by atoms with Gasteiger partial charge in [0.1, 0.15) is 19.8 Å². The lowest BCUT2D eigenvalue weighted by molar-refractivity contribution is -0.870. The predicted octanol–water partition coefficient (Wildman–Crippen LogP) is 12.2. The van der Waals surface area contributed by atoms with E-state index in [1.165, 1.54) is 44.9 Å². The fourth-order valence-electron chi connectivity index (χ4n) is 5.41. The van der Waals surface area contributed by atoms with Crippen molar-refractivity contribution in [2.24, 2.45) is 0 Å². The van der Waals surface area contributed by atoms with Gasteiger partial charge in [0.2, 0.25) is 0 Å². The Morgan fingerprint density at radius 1 is 0.589 bits per heavy atom. The monoisotopic (exact) mass is 807 g/mol. The number of hydrogen-bond donors (Lipinski definition) is 1. The summed E-state index contributed by atoms with van der Waals surface area (Å²) in [5.41, 5.74) is 0. The van der Waals surface area contributed by atoms with Crippen LogP contribution in [0.25, 0.3) is 0 Å². The first kappa shape index (κ1) is 53.5. The number of quaternary nitrogens is 1. The van der Waals surface area contributed by atoms with Gasteiger partial charge in [-0.2, -0.15) is 0 Å². The summed E-state index contributed by atoms with van der Waals surface area (Å²) in [6.45, 7) is 4.20. The summed E-state index contributed by atoms with van der Waals surface area (Å²) >= 11 is 0. The van der Waals surface area contributed by atoms with Crippen molar-refractivity contribution in [2.45, 2.75) is 161 Å². The summed E-state index contributed by atoms with van der Waals surface area (Å²) in [6.07, 6.45) is 46.6. The van der Waals surface area contributed by atoms with Gasteiger partial charge in [0.15, 0.2) is 6.10 Å². The minimum absolute atomic E-state index is 0.0220. The molecular formula is C46H81NO8P+. The average Bonchev–Trinajstić information content (AvgIpc) is 3.15. The lowest BCUT2D eigenvalue weighted by Crippen LogP contribution is -2.37. The molecule has 0 fully saturated rings. The fraction of sp³-hybridized carbons (Fsp3) is 0.696. The number of unbranched alkanes of at least 4 members (excludes halogenated alkanes) is 15. The van der Waals surface area contributed by atoms with Gasteiger partial charge in [0.05, 0.1) is 27.7 Å². The molecule has 0 aromatic carbocycles. The maximum Gasteiger partial charge on any atom is 0.472 e. The van der Waals surface area contributed by atoms with Crippen LogP contribution in [0.5, 0.6) is 0 Å². The van der Waals surface area contributed by atoms with Gasteiger partial charge < -0.3 is 18.9 Å². The number of carbonyl (C=O) groups is 2. The zero-order chi connectivity index (χ0) is 41.4. The molecule has 322 valence electrons. The molecule has 0 aliphatic heterocycles. The molecule has 0 amide bonds. The van der Waals surface area contributed by atoms with Crippen LogP contribution in [-0.4, -0.2) is 74.9 Å². The Balaban J connectivity index is 4.43. The van der Waals surface area contributed by atoms with Gasteiger partial charge in [0, 0.05) is 12.8 Å². The van der Waals surface area contributed by atoms with Crippen molar-refractivity contribution in [3.05, 3.63) is 72.9 Å². The summed E-state index contributed by atoms with van der Waals surface area (Å²) in [4.78, 5) is 35.4. The molecule has 0 saturated heterocycles. The molecule has 1 unspecified atom stereocenters. The number of carbonyl (C=O) groups excluding carboxylic acids is 2. The third-order valence-electron chi connectivity index (χ3n) is 8.82. The van der Waals surface area contributed by atoms with E-state index in [0.717, 1.165) is 70.6 Å². The van der Waals surface area contributed by atoms with Gasteiger partial charge in [0.25, 0.3) is 0 Å². The van der Waals surface area contributed by atoms with E-state index < -0.39 is 32.5 Å². The second-order valence-electron chi connectivity index (χ2n) is 15.4. The maximum atomic E-state index is 12.7. The van der Waals surface area contributed by atoms with Gasteiger partial charge in [-0.25, -0.2) is 4.57 Å². The second-order valence-corrected chi connectivity index (χ2v) is 16.9. The molecule has 0 spiro atoms. The fourth-order valence-corrected chi connectivity index (χ4v) is 6.15. The van der Waals surface area contributed by atoms with Crippen LogP contribution in [0.15, 0.2) is 72.9 Å². The van der Waals surface area contributed by atoms with E-state index >= 15 is 0 Å². The van der Waals surface area contributed by atoms with E-state index in [4.69, 9.17) is 18.5 Å². The van der Waals surface area contributed by atoms with E-state index in [9.17, 15) is 19.0 Å². The van der Waals surface area contributed by atoms with Gasteiger partial charge in [-0.3, -0.25) is 18.6 Å². The molecule has 0 aromatic heterocycles. The van der Waals surface area contributed by atoms with Crippen LogP contribution in [-0.2, 0) is 32.7 Å². The lowest BCUT2D eigenvalue weighted by atomic mass is 10.1. The van der Waals surface area contributed by atoms with E-state index in [1.807, 2.05) is 51.5 Å². The molecule has 0 aliphatic rings. The van der Waals surface area contributed by atoms with Crippen LogP contribution < -0.4 is 0 Å². The number of rotatable bonds is 38. The van der Waals surface area contributed by atoms with Crippen LogP contribution in [0, 0.1) is 0 Å². The smallest absolute Gasteiger partial charge is 0.462 e. The highest BCUT2D eigenvalue weighted by Crippen LogP contribution is 2.43. The number of esters is 2. The van der Waals surface area contributed by atoms with Crippen molar-refractivity contribution in [1.29, 1.82) is 0 Å². The highest BCUT2D eigenvalue weighted by Gasteiger charge is 2.27. The van der Waals surface area contributed by atoms with Crippen molar-refractivity contribution < 1.29 is 42.1 Å². The molecule has 0 heterocycles. The summed E-state index contributed by atoms with van der Waals surface area (Å²) in [5.74, 6) is -0.841. The molecule has 0 bridgehead atoms. The lowest BCUT2D eigenvalue weighted by Gasteiger charge is -2.24. The van der Waals surface area contributed by atoms with E-state index in [2.05, 4.69) is 56.4 Å². The van der Waals surface area contributed by atoms with Crippen molar-refractivity contribution in [1.82, 2.24) is 0 Å². The molecule has 0 saturated carbocycles. The third-order valence-corrected chi connectivity index (χ3v) is 9.80. The molecule has 0 radical (unpaired) electrons. The quantitative estimate of drug-likeness (QED) is 0.0164. The van der Waals surface area contributed by atoms with Crippen LogP contribution in [0.1, 0.15) is 155 Å².